The van der Waals surface area contributed by atoms with Gasteiger partial charge in [-0.15, -0.1) is 0 Å². The van der Waals surface area contributed by atoms with Crippen LogP contribution in [0.25, 0.3) is 0 Å². The van der Waals surface area contributed by atoms with Gasteiger partial charge < -0.3 is 5.32 Å². The van der Waals surface area contributed by atoms with E-state index in [4.69, 9.17) is 0 Å². The van der Waals surface area contributed by atoms with Crippen LogP contribution < -0.4 is 5.32 Å². The average Bonchev–Trinajstić information content (AvgIpc) is 2.39. The Kier molecular flexibility index (Phi) is 3.95. The molecule has 2 rings (SSSR count). The highest BCUT2D eigenvalue weighted by Crippen LogP contribution is 2.20. The zero-order valence-electron chi connectivity index (χ0n) is 11.0. The fourth-order valence-electron chi connectivity index (χ4n) is 1.87. The summed E-state index contributed by atoms with van der Waals surface area (Å²) < 4.78 is 12.9. The van der Waals surface area contributed by atoms with Crippen molar-refractivity contribution in [2.45, 2.75) is 19.9 Å². The van der Waals surface area contributed by atoms with E-state index in [9.17, 15) is 9.18 Å². The van der Waals surface area contributed by atoms with Gasteiger partial charge in [-0.3, -0.25) is 4.79 Å². The number of nitrogens with one attached hydrogen (secondary N) is 1. The van der Waals surface area contributed by atoms with Gasteiger partial charge in [0.2, 0.25) is 0 Å². The van der Waals surface area contributed by atoms with Crippen LogP contribution >= 0.6 is 0 Å². The van der Waals surface area contributed by atoms with Crippen LogP contribution in [0.1, 0.15) is 29.8 Å². The minimum Gasteiger partial charge on any atom is -0.382 e. The third-order valence-electron chi connectivity index (χ3n) is 2.72. The molecule has 2 aromatic rings. The Morgan fingerprint density at radius 2 is 1.68 bits per heavy atom. The van der Waals surface area contributed by atoms with Crippen molar-refractivity contribution >= 4 is 11.5 Å². The highest BCUT2D eigenvalue weighted by molar-refractivity contribution is 6.12. The van der Waals surface area contributed by atoms with Gasteiger partial charge in [-0.1, -0.05) is 12.1 Å². The van der Waals surface area contributed by atoms with E-state index in [1.807, 2.05) is 32.0 Å². The predicted molar refractivity (Wildman–Crippen MR) is 75.0 cm³/mol. The smallest absolute Gasteiger partial charge is 0.195 e. The standard InChI is InChI=1S/C16H16FNO/c1-11(2)18-15-6-4-3-5-14(15)16(19)12-7-9-13(17)10-8-12/h3-11,18H,1-2H3. The zero-order valence-corrected chi connectivity index (χ0v) is 11.0. The molecule has 0 saturated carbocycles. The first-order valence-corrected chi connectivity index (χ1v) is 6.24. The fourth-order valence-corrected chi connectivity index (χ4v) is 1.87. The minimum atomic E-state index is -0.342. The summed E-state index contributed by atoms with van der Waals surface area (Å²) in [6.07, 6.45) is 0. The van der Waals surface area contributed by atoms with Crippen LogP contribution in [0.5, 0.6) is 0 Å². The lowest BCUT2D eigenvalue weighted by atomic mass is 10.0. The molecule has 0 atom stereocenters. The number of carbonyl (C=O) groups excluding carboxylic acids is 1. The second-order valence-electron chi connectivity index (χ2n) is 4.68. The van der Waals surface area contributed by atoms with Crippen LogP contribution in [0.2, 0.25) is 0 Å². The monoisotopic (exact) mass is 257 g/mol. The van der Waals surface area contributed by atoms with Gasteiger partial charge in [-0.2, -0.15) is 0 Å². The van der Waals surface area contributed by atoms with Gasteiger partial charge in [0.05, 0.1) is 0 Å². The predicted octanol–water partition coefficient (Wildman–Crippen LogP) is 3.88. The van der Waals surface area contributed by atoms with Crippen molar-refractivity contribution in [2.24, 2.45) is 0 Å². The van der Waals surface area contributed by atoms with Crippen molar-refractivity contribution in [3.8, 4) is 0 Å². The van der Waals surface area contributed by atoms with Gasteiger partial charge in [0.25, 0.3) is 0 Å². The quantitative estimate of drug-likeness (QED) is 0.842. The molecule has 0 unspecified atom stereocenters. The number of hydrogen-bond acceptors (Lipinski definition) is 2. The van der Waals surface area contributed by atoms with Crippen LogP contribution in [0.15, 0.2) is 48.5 Å². The molecule has 0 aliphatic carbocycles. The molecular formula is C16H16FNO. The molecule has 2 nitrogen and oxygen atoms in total. The van der Waals surface area contributed by atoms with Crippen LogP contribution in [-0.4, -0.2) is 11.8 Å². The number of hydrogen-bond donors (Lipinski definition) is 1. The second-order valence-corrected chi connectivity index (χ2v) is 4.68. The molecule has 0 aromatic heterocycles. The lowest BCUT2D eigenvalue weighted by Gasteiger charge is -2.14. The van der Waals surface area contributed by atoms with E-state index in [1.54, 1.807) is 6.07 Å². The summed E-state index contributed by atoms with van der Waals surface area (Å²) in [5, 5.41) is 3.24. The van der Waals surface area contributed by atoms with E-state index in [2.05, 4.69) is 5.32 Å². The highest BCUT2D eigenvalue weighted by Gasteiger charge is 2.13. The maximum atomic E-state index is 12.9. The number of anilines is 1. The van der Waals surface area contributed by atoms with Gasteiger partial charge in [0.1, 0.15) is 5.82 Å². The Hall–Kier alpha value is -2.16. The molecular weight excluding hydrogens is 241 g/mol. The lowest BCUT2D eigenvalue weighted by molar-refractivity contribution is 0.103. The molecule has 2 aromatic carbocycles. The van der Waals surface area contributed by atoms with Crippen molar-refractivity contribution < 1.29 is 9.18 Å². The van der Waals surface area contributed by atoms with E-state index in [0.29, 0.717) is 11.1 Å². The van der Waals surface area contributed by atoms with E-state index in [-0.39, 0.29) is 17.6 Å². The number of rotatable bonds is 4. The van der Waals surface area contributed by atoms with Crippen LogP contribution in [0.4, 0.5) is 10.1 Å². The summed E-state index contributed by atoms with van der Waals surface area (Å²) in [6, 6.07) is 13.2. The van der Waals surface area contributed by atoms with Crippen molar-refractivity contribution in [3.05, 3.63) is 65.5 Å². The summed E-state index contributed by atoms with van der Waals surface area (Å²) in [4.78, 5) is 12.4. The topological polar surface area (TPSA) is 29.1 Å². The molecule has 3 heteroatoms. The SMILES string of the molecule is CC(C)Nc1ccccc1C(=O)c1ccc(F)cc1. The Morgan fingerprint density at radius 1 is 1.05 bits per heavy atom. The maximum absolute atomic E-state index is 12.9. The number of benzene rings is 2. The Labute approximate surface area is 112 Å². The molecule has 0 spiro atoms. The van der Waals surface area contributed by atoms with Crippen LogP contribution in [-0.2, 0) is 0 Å². The van der Waals surface area contributed by atoms with Crippen LogP contribution in [0, 0.1) is 5.82 Å². The normalized spacial score (nSPS) is 10.5. The lowest BCUT2D eigenvalue weighted by Crippen LogP contribution is -2.13. The number of para-hydroxylation sites is 1. The van der Waals surface area contributed by atoms with Gasteiger partial charge in [-0.25, -0.2) is 4.39 Å². The first-order chi connectivity index (χ1) is 9.08. The highest BCUT2D eigenvalue weighted by atomic mass is 19.1. The van der Waals surface area contributed by atoms with Gasteiger partial charge >= 0.3 is 0 Å². The Morgan fingerprint density at radius 3 is 2.32 bits per heavy atom. The van der Waals surface area contributed by atoms with Crippen molar-refractivity contribution in [1.82, 2.24) is 0 Å². The Bertz CT molecular complexity index is 576. The summed E-state index contributed by atoms with van der Waals surface area (Å²) >= 11 is 0. The first-order valence-electron chi connectivity index (χ1n) is 6.24. The molecule has 1 N–H and O–H groups in total. The maximum Gasteiger partial charge on any atom is 0.195 e. The summed E-state index contributed by atoms with van der Waals surface area (Å²) in [6.45, 7) is 4.03. The second kappa shape index (κ2) is 5.65. The summed E-state index contributed by atoms with van der Waals surface area (Å²) in [7, 11) is 0. The van der Waals surface area contributed by atoms with Gasteiger partial charge in [0, 0.05) is 22.9 Å². The van der Waals surface area contributed by atoms with Gasteiger partial charge in [0.15, 0.2) is 5.78 Å². The van der Waals surface area contributed by atoms with E-state index >= 15 is 0 Å². The molecule has 0 aliphatic rings. The third kappa shape index (κ3) is 3.19. The van der Waals surface area contributed by atoms with Crippen LogP contribution in [0.3, 0.4) is 0 Å². The fraction of sp³-hybridized carbons (Fsp3) is 0.188. The van der Waals surface area contributed by atoms with E-state index in [0.717, 1.165) is 5.69 Å². The molecule has 0 radical (unpaired) electrons. The molecule has 98 valence electrons. The zero-order chi connectivity index (χ0) is 13.8. The van der Waals surface area contributed by atoms with E-state index < -0.39 is 0 Å². The number of halogens is 1. The average molecular weight is 257 g/mol. The third-order valence-corrected chi connectivity index (χ3v) is 2.72. The molecule has 0 saturated heterocycles. The molecule has 0 bridgehead atoms. The number of ketones is 1. The largest absolute Gasteiger partial charge is 0.382 e. The molecule has 0 heterocycles. The Balaban J connectivity index is 2.35. The van der Waals surface area contributed by atoms with Crippen molar-refractivity contribution in [3.63, 3.8) is 0 Å². The minimum absolute atomic E-state index is 0.108. The van der Waals surface area contributed by atoms with Crippen molar-refractivity contribution in [1.29, 1.82) is 0 Å². The molecule has 0 fully saturated rings. The van der Waals surface area contributed by atoms with Gasteiger partial charge in [-0.05, 0) is 50.2 Å². The molecule has 19 heavy (non-hydrogen) atoms. The first kappa shape index (κ1) is 13.3. The molecule has 0 aliphatic heterocycles. The van der Waals surface area contributed by atoms with E-state index in [1.165, 1.54) is 24.3 Å². The summed E-state index contributed by atoms with van der Waals surface area (Å²) in [5.74, 6) is -0.450. The number of carbonyl (C=O) groups is 1. The van der Waals surface area contributed by atoms with Crippen molar-refractivity contribution in [2.75, 3.05) is 5.32 Å². The molecule has 0 amide bonds. The summed E-state index contributed by atoms with van der Waals surface area (Å²) in [5.41, 5.74) is 1.88.